The second kappa shape index (κ2) is 14.0. The summed E-state index contributed by atoms with van der Waals surface area (Å²) in [6.45, 7) is 4.14. The highest BCUT2D eigenvalue weighted by molar-refractivity contribution is 6.30. The molecule has 0 bridgehead atoms. The van der Waals surface area contributed by atoms with Gasteiger partial charge in [0.1, 0.15) is 12.4 Å². The molecule has 0 heterocycles. The third-order valence-electron chi connectivity index (χ3n) is 6.01. The van der Waals surface area contributed by atoms with Gasteiger partial charge in [0, 0.05) is 16.3 Å². The maximum absolute atomic E-state index is 12.5. The van der Waals surface area contributed by atoms with Gasteiger partial charge < -0.3 is 19.5 Å². The first-order chi connectivity index (χ1) is 19.8. The molecule has 0 aliphatic heterocycles. The van der Waals surface area contributed by atoms with Gasteiger partial charge >= 0.3 is 0 Å². The molecule has 41 heavy (non-hydrogen) atoms. The zero-order valence-electron chi connectivity index (χ0n) is 22.9. The van der Waals surface area contributed by atoms with Crippen molar-refractivity contribution in [2.75, 3.05) is 19.0 Å². The van der Waals surface area contributed by atoms with Crippen molar-refractivity contribution in [1.29, 1.82) is 0 Å². The van der Waals surface area contributed by atoms with Crippen LogP contribution in [0.5, 0.6) is 17.2 Å². The van der Waals surface area contributed by atoms with Crippen LogP contribution in [0.2, 0.25) is 5.02 Å². The Balaban J connectivity index is 1.26. The number of aryl methyl sites for hydroxylation is 2. The molecule has 4 aromatic carbocycles. The van der Waals surface area contributed by atoms with Gasteiger partial charge in [-0.05, 0) is 91.2 Å². The highest BCUT2D eigenvalue weighted by Gasteiger charge is 2.09. The molecule has 0 unspecified atom stereocenters. The number of hydrogen-bond donors (Lipinski definition) is 2. The molecular formula is C32H30ClN3O5. The van der Waals surface area contributed by atoms with E-state index >= 15 is 0 Å². The number of ether oxygens (including phenoxy) is 3. The first-order valence-corrected chi connectivity index (χ1v) is 13.2. The fourth-order valence-corrected chi connectivity index (χ4v) is 4.01. The largest absolute Gasteiger partial charge is 0.493 e. The third kappa shape index (κ3) is 8.58. The number of rotatable bonds is 11. The number of amides is 2. The van der Waals surface area contributed by atoms with Crippen molar-refractivity contribution < 1.29 is 23.8 Å². The van der Waals surface area contributed by atoms with Crippen LogP contribution in [0.3, 0.4) is 0 Å². The molecule has 0 spiro atoms. The Morgan fingerprint density at radius 3 is 2.29 bits per heavy atom. The minimum atomic E-state index is -0.398. The Kier molecular flexibility index (Phi) is 9.96. The molecule has 2 amide bonds. The van der Waals surface area contributed by atoms with Gasteiger partial charge in [0.15, 0.2) is 18.1 Å². The minimum absolute atomic E-state index is 0.163. The Hall–Kier alpha value is -4.82. The first-order valence-electron chi connectivity index (χ1n) is 12.8. The number of nitrogens with one attached hydrogen (secondary N) is 2. The van der Waals surface area contributed by atoms with E-state index in [2.05, 4.69) is 15.8 Å². The zero-order chi connectivity index (χ0) is 29.2. The number of benzene rings is 4. The lowest BCUT2D eigenvalue weighted by molar-refractivity contribution is -0.118. The third-order valence-corrected chi connectivity index (χ3v) is 6.24. The molecule has 0 atom stereocenters. The van der Waals surface area contributed by atoms with Crippen molar-refractivity contribution in [3.63, 3.8) is 0 Å². The normalized spacial score (nSPS) is 10.7. The van der Waals surface area contributed by atoms with E-state index in [1.807, 2.05) is 44.2 Å². The second-order valence-corrected chi connectivity index (χ2v) is 9.64. The van der Waals surface area contributed by atoms with Gasteiger partial charge in [-0.3, -0.25) is 9.59 Å². The second-order valence-electron chi connectivity index (χ2n) is 9.21. The van der Waals surface area contributed by atoms with E-state index in [9.17, 15) is 9.59 Å². The van der Waals surface area contributed by atoms with Crippen LogP contribution in [-0.2, 0) is 11.4 Å². The summed E-state index contributed by atoms with van der Waals surface area (Å²) in [6, 6.07) is 25.1. The fraction of sp³-hybridized carbons (Fsp3) is 0.156. The summed E-state index contributed by atoms with van der Waals surface area (Å²) in [5.41, 5.74) is 7.21. The number of hydrazone groups is 1. The van der Waals surface area contributed by atoms with Crippen molar-refractivity contribution in [3.05, 3.63) is 118 Å². The number of nitrogens with zero attached hydrogens (tertiary/aromatic N) is 1. The van der Waals surface area contributed by atoms with Crippen molar-refractivity contribution in [2.24, 2.45) is 5.10 Å². The average Bonchev–Trinajstić information content (AvgIpc) is 2.97. The van der Waals surface area contributed by atoms with E-state index in [0.717, 1.165) is 16.7 Å². The van der Waals surface area contributed by atoms with Crippen LogP contribution < -0.4 is 25.0 Å². The predicted octanol–water partition coefficient (Wildman–Crippen LogP) is 6.33. The molecule has 9 heteroatoms. The molecule has 0 aromatic heterocycles. The Bertz CT molecular complexity index is 1540. The van der Waals surface area contributed by atoms with E-state index in [1.165, 1.54) is 11.8 Å². The monoisotopic (exact) mass is 571 g/mol. The molecule has 0 radical (unpaired) electrons. The van der Waals surface area contributed by atoms with Crippen molar-refractivity contribution >= 4 is 35.3 Å². The van der Waals surface area contributed by atoms with Crippen LogP contribution in [0.1, 0.15) is 32.6 Å². The molecule has 8 nitrogen and oxygen atoms in total. The van der Waals surface area contributed by atoms with Crippen molar-refractivity contribution in [1.82, 2.24) is 5.43 Å². The van der Waals surface area contributed by atoms with Crippen LogP contribution >= 0.6 is 11.6 Å². The predicted molar refractivity (Wildman–Crippen MR) is 160 cm³/mol. The fourth-order valence-electron chi connectivity index (χ4n) is 3.78. The molecule has 210 valence electrons. The lowest BCUT2D eigenvalue weighted by atomic mass is 10.2. The van der Waals surface area contributed by atoms with Crippen LogP contribution in [0.25, 0.3) is 0 Å². The summed E-state index contributed by atoms with van der Waals surface area (Å²) in [5.74, 6) is 1.01. The number of halogens is 1. The zero-order valence-corrected chi connectivity index (χ0v) is 23.7. The van der Waals surface area contributed by atoms with Crippen LogP contribution in [0.4, 0.5) is 5.69 Å². The maximum Gasteiger partial charge on any atom is 0.271 e. The molecule has 0 saturated heterocycles. The Labute approximate surface area is 243 Å². The summed E-state index contributed by atoms with van der Waals surface area (Å²) in [4.78, 5) is 24.8. The highest BCUT2D eigenvalue weighted by Crippen LogP contribution is 2.28. The van der Waals surface area contributed by atoms with Gasteiger partial charge in [0.2, 0.25) is 0 Å². The Morgan fingerprint density at radius 2 is 1.59 bits per heavy atom. The van der Waals surface area contributed by atoms with Gasteiger partial charge in [0.25, 0.3) is 11.8 Å². The lowest BCUT2D eigenvalue weighted by Gasteiger charge is -2.11. The van der Waals surface area contributed by atoms with Gasteiger partial charge in [-0.2, -0.15) is 5.10 Å². The lowest BCUT2D eigenvalue weighted by Crippen LogP contribution is -2.21. The number of anilines is 1. The molecular weight excluding hydrogens is 542 g/mol. The number of carbonyl (C=O) groups is 2. The standard InChI is InChI=1S/C32H30ClN3O5/c1-21-4-6-23(7-5-21)19-40-29-14-8-24(17-30(29)39-3)18-34-36-32(38)25-9-12-27(13-10-25)35-31(37)20-41-28-15-11-26(33)16-22(28)2/h4-18H,19-20H2,1-3H3,(H,35,37)(H,36,38)/b34-18+. The maximum atomic E-state index is 12.5. The molecule has 4 aromatic rings. The summed E-state index contributed by atoms with van der Waals surface area (Å²) in [6.07, 6.45) is 1.52. The van der Waals surface area contributed by atoms with Crippen molar-refractivity contribution in [3.8, 4) is 17.2 Å². The van der Waals surface area contributed by atoms with Gasteiger partial charge in [-0.1, -0.05) is 41.4 Å². The molecule has 4 rings (SSSR count). The van der Waals surface area contributed by atoms with E-state index in [0.29, 0.717) is 40.1 Å². The van der Waals surface area contributed by atoms with Gasteiger partial charge in [-0.25, -0.2) is 5.43 Å². The topological polar surface area (TPSA) is 98.2 Å². The Morgan fingerprint density at radius 1 is 0.854 bits per heavy atom. The molecule has 0 aliphatic carbocycles. The summed E-state index contributed by atoms with van der Waals surface area (Å²) in [5, 5.41) is 7.38. The smallest absolute Gasteiger partial charge is 0.271 e. The molecule has 0 aliphatic rings. The van der Waals surface area contributed by atoms with E-state index < -0.39 is 5.91 Å². The SMILES string of the molecule is COc1cc(/C=N/NC(=O)c2ccc(NC(=O)COc3ccc(Cl)cc3C)cc2)ccc1OCc1ccc(C)cc1. The highest BCUT2D eigenvalue weighted by atomic mass is 35.5. The number of hydrogen-bond acceptors (Lipinski definition) is 6. The van der Waals surface area contributed by atoms with E-state index in [-0.39, 0.29) is 12.5 Å². The van der Waals surface area contributed by atoms with Gasteiger partial charge in [0.05, 0.1) is 13.3 Å². The average molecular weight is 572 g/mol. The first kappa shape index (κ1) is 29.2. The van der Waals surface area contributed by atoms with Crippen LogP contribution in [0, 0.1) is 13.8 Å². The van der Waals surface area contributed by atoms with Crippen molar-refractivity contribution in [2.45, 2.75) is 20.5 Å². The minimum Gasteiger partial charge on any atom is -0.493 e. The van der Waals surface area contributed by atoms with Gasteiger partial charge in [-0.15, -0.1) is 0 Å². The molecule has 0 fully saturated rings. The van der Waals surface area contributed by atoms with Crippen LogP contribution in [0.15, 0.2) is 90.0 Å². The summed E-state index contributed by atoms with van der Waals surface area (Å²) < 4.78 is 16.9. The van der Waals surface area contributed by atoms with Crippen LogP contribution in [-0.4, -0.2) is 31.7 Å². The summed E-state index contributed by atoms with van der Waals surface area (Å²) >= 11 is 5.94. The number of carbonyl (C=O) groups excluding carboxylic acids is 2. The van der Waals surface area contributed by atoms with E-state index in [1.54, 1.807) is 61.7 Å². The van der Waals surface area contributed by atoms with E-state index in [4.69, 9.17) is 25.8 Å². The molecule has 0 saturated carbocycles. The number of methoxy groups -OCH3 is 1. The summed E-state index contributed by atoms with van der Waals surface area (Å²) in [7, 11) is 1.57. The molecule has 2 N–H and O–H groups in total. The quantitative estimate of drug-likeness (QED) is 0.162.